The lowest BCUT2D eigenvalue weighted by Gasteiger charge is -2.12. The number of H-pyrrole nitrogens is 1. The molecule has 0 fully saturated rings. The van der Waals surface area contributed by atoms with E-state index in [2.05, 4.69) is 16.9 Å². The zero-order valence-electron chi connectivity index (χ0n) is 16.7. The van der Waals surface area contributed by atoms with Crippen molar-refractivity contribution >= 4 is 45.0 Å². The molecule has 7 heteroatoms. The van der Waals surface area contributed by atoms with Crippen LogP contribution in [0, 0.1) is 0 Å². The van der Waals surface area contributed by atoms with E-state index in [-0.39, 0.29) is 5.88 Å². The lowest BCUT2D eigenvalue weighted by molar-refractivity contribution is 0.317. The van der Waals surface area contributed by atoms with Gasteiger partial charge in [0, 0.05) is 10.8 Å². The van der Waals surface area contributed by atoms with E-state index in [9.17, 15) is 5.11 Å². The zero-order valence-corrected chi connectivity index (χ0v) is 18.2. The molecular weight excluding hydrogens is 433 g/mol. The Morgan fingerprint density at radius 2 is 1.74 bits per heavy atom. The van der Waals surface area contributed by atoms with Crippen molar-refractivity contribution in [2.24, 2.45) is 0 Å². The molecule has 156 valence electrons. The van der Waals surface area contributed by atoms with Crippen LogP contribution in [0.5, 0.6) is 11.6 Å². The highest BCUT2D eigenvalue weighted by Crippen LogP contribution is 2.43. The second kappa shape index (κ2) is 7.84. The van der Waals surface area contributed by atoms with Gasteiger partial charge in [0.15, 0.2) is 0 Å². The summed E-state index contributed by atoms with van der Waals surface area (Å²) in [7, 11) is 0. The molecule has 5 aromatic rings. The van der Waals surface area contributed by atoms with Gasteiger partial charge < -0.3 is 14.8 Å². The molecule has 5 rings (SSSR count). The first-order chi connectivity index (χ1) is 15.1. The summed E-state index contributed by atoms with van der Waals surface area (Å²) in [6.07, 6.45) is 2.59. The Morgan fingerprint density at radius 1 is 1.00 bits per heavy atom. The van der Waals surface area contributed by atoms with Crippen LogP contribution in [0.4, 0.5) is 0 Å². The summed E-state index contributed by atoms with van der Waals surface area (Å²) in [5.41, 5.74) is 4.24. The maximum absolute atomic E-state index is 11.2. The highest BCUT2D eigenvalue weighted by atomic mass is 35.5. The van der Waals surface area contributed by atoms with Crippen LogP contribution in [-0.2, 0) is 0 Å². The second-order valence-corrected chi connectivity index (χ2v) is 8.11. The van der Waals surface area contributed by atoms with Crippen molar-refractivity contribution in [3.05, 3.63) is 71.0 Å². The van der Waals surface area contributed by atoms with Gasteiger partial charge >= 0.3 is 0 Å². The molecule has 31 heavy (non-hydrogen) atoms. The third-order valence-corrected chi connectivity index (χ3v) is 5.98. The van der Waals surface area contributed by atoms with Crippen LogP contribution < -0.4 is 4.74 Å². The van der Waals surface area contributed by atoms with Crippen LogP contribution in [0.15, 0.2) is 60.9 Å². The Hall–Kier alpha value is -3.15. The van der Waals surface area contributed by atoms with E-state index < -0.39 is 0 Å². The Balaban J connectivity index is 1.77. The quantitative estimate of drug-likeness (QED) is 0.303. The molecule has 0 atom stereocenters. The van der Waals surface area contributed by atoms with Gasteiger partial charge in [-0.25, -0.2) is 4.98 Å². The Bertz CT molecular complexity index is 1400. The number of nitrogens with zero attached hydrogens (tertiary/aromatic N) is 2. The number of hydrogen-bond donors (Lipinski definition) is 2. The summed E-state index contributed by atoms with van der Waals surface area (Å²) in [6, 6.07) is 17.1. The number of halogens is 2. The minimum absolute atomic E-state index is 0.0914. The number of hydrogen-bond acceptors (Lipinski definition) is 3. The molecule has 0 unspecified atom stereocenters. The van der Waals surface area contributed by atoms with Crippen molar-refractivity contribution < 1.29 is 9.84 Å². The SMILES string of the molecule is CCCOc1ccc(-c2c3cc(Cl)c(Cl)cc3c(O)n2-c2ccc3nc[nH]c3c2)cc1. The number of benzene rings is 3. The molecule has 0 spiro atoms. The van der Waals surface area contributed by atoms with Crippen molar-refractivity contribution in [2.75, 3.05) is 6.61 Å². The van der Waals surface area contributed by atoms with Gasteiger partial charge in [0.25, 0.3) is 0 Å². The molecule has 0 aliphatic carbocycles. The molecule has 3 aromatic carbocycles. The van der Waals surface area contributed by atoms with Crippen LogP contribution in [0.3, 0.4) is 0 Å². The van der Waals surface area contributed by atoms with Crippen LogP contribution in [0.2, 0.25) is 10.0 Å². The van der Waals surface area contributed by atoms with E-state index in [1.165, 1.54) is 0 Å². The van der Waals surface area contributed by atoms with Gasteiger partial charge in [-0.15, -0.1) is 0 Å². The molecule has 0 aliphatic rings. The minimum Gasteiger partial charge on any atom is -0.494 e. The fourth-order valence-electron chi connectivity index (χ4n) is 3.80. The molecule has 2 N–H and O–H groups in total. The van der Waals surface area contributed by atoms with E-state index >= 15 is 0 Å². The molecule has 0 saturated heterocycles. The van der Waals surface area contributed by atoms with E-state index in [4.69, 9.17) is 27.9 Å². The number of rotatable bonds is 5. The van der Waals surface area contributed by atoms with Crippen molar-refractivity contribution in [1.82, 2.24) is 14.5 Å². The average molecular weight is 452 g/mol. The summed E-state index contributed by atoms with van der Waals surface area (Å²) < 4.78 is 7.53. The van der Waals surface area contributed by atoms with E-state index in [0.29, 0.717) is 22.0 Å². The van der Waals surface area contributed by atoms with Crippen molar-refractivity contribution in [1.29, 1.82) is 0 Å². The largest absolute Gasteiger partial charge is 0.494 e. The predicted octanol–water partition coefficient (Wildman–Crippen LogP) is 6.98. The molecule has 0 radical (unpaired) electrons. The topological polar surface area (TPSA) is 63.1 Å². The van der Waals surface area contributed by atoms with E-state index in [1.54, 1.807) is 23.0 Å². The van der Waals surface area contributed by atoms with Gasteiger partial charge in [-0.1, -0.05) is 30.1 Å². The maximum Gasteiger partial charge on any atom is 0.204 e. The molecule has 0 amide bonds. The molecule has 2 heterocycles. The average Bonchev–Trinajstić information content (AvgIpc) is 3.35. The highest BCUT2D eigenvalue weighted by molar-refractivity contribution is 6.43. The molecule has 0 saturated carbocycles. The fourth-order valence-corrected chi connectivity index (χ4v) is 4.13. The van der Waals surface area contributed by atoms with Crippen molar-refractivity contribution in [3.63, 3.8) is 0 Å². The van der Waals surface area contributed by atoms with Crippen LogP contribution in [-0.4, -0.2) is 26.2 Å². The number of nitrogens with one attached hydrogen (secondary N) is 1. The molecule has 0 aliphatic heterocycles. The number of aromatic nitrogens is 3. The molecule has 2 aromatic heterocycles. The van der Waals surface area contributed by atoms with Gasteiger partial charge in [0.05, 0.1) is 45.4 Å². The number of aromatic amines is 1. The zero-order chi connectivity index (χ0) is 21.5. The lowest BCUT2D eigenvalue weighted by atomic mass is 10.1. The van der Waals surface area contributed by atoms with Crippen molar-refractivity contribution in [3.8, 4) is 28.6 Å². The van der Waals surface area contributed by atoms with Gasteiger partial charge in [0.2, 0.25) is 5.88 Å². The smallest absolute Gasteiger partial charge is 0.204 e. The van der Waals surface area contributed by atoms with Gasteiger partial charge in [-0.05, 0) is 66.6 Å². The molecule has 0 bridgehead atoms. The van der Waals surface area contributed by atoms with Gasteiger partial charge in [-0.2, -0.15) is 0 Å². The van der Waals surface area contributed by atoms with Gasteiger partial charge in [0.1, 0.15) is 5.75 Å². The number of fused-ring (bicyclic) bond motifs is 2. The lowest BCUT2D eigenvalue weighted by Crippen LogP contribution is -1.97. The number of ether oxygens (including phenoxy) is 1. The second-order valence-electron chi connectivity index (χ2n) is 7.30. The predicted molar refractivity (Wildman–Crippen MR) is 126 cm³/mol. The first-order valence-corrected chi connectivity index (χ1v) is 10.7. The van der Waals surface area contributed by atoms with E-state index in [0.717, 1.165) is 45.5 Å². The summed E-state index contributed by atoms with van der Waals surface area (Å²) in [6.45, 7) is 2.74. The Labute approximate surface area is 188 Å². The van der Waals surface area contributed by atoms with Gasteiger partial charge in [-0.3, -0.25) is 4.57 Å². The minimum atomic E-state index is 0.0914. The third kappa shape index (κ3) is 3.40. The molecule has 5 nitrogen and oxygen atoms in total. The Morgan fingerprint density at radius 3 is 2.48 bits per heavy atom. The highest BCUT2D eigenvalue weighted by Gasteiger charge is 2.21. The van der Waals surface area contributed by atoms with Crippen LogP contribution in [0.25, 0.3) is 38.8 Å². The first-order valence-electron chi connectivity index (χ1n) is 9.96. The third-order valence-electron chi connectivity index (χ3n) is 5.25. The normalized spacial score (nSPS) is 11.5. The summed E-state index contributed by atoms with van der Waals surface area (Å²) >= 11 is 12.6. The monoisotopic (exact) mass is 451 g/mol. The molecular formula is C24H19Cl2N3O2. The maximum atomic E-state index is 11.2. The fraction of sp³-hybridized carbons (Fsp3) is 0.125. The summed E-state index contributed by atoms with van der Waals surface area (Å²) in [5.74, 6) is 0.894. The van der Waals surface area contributed by atoms with Crippen molar-refractivity contribution in [2.45, 2.75) is 13.3 Å². The number of imidazole rings is 1. The summed E-state index contributed by atoms with van der Waals surface area (Å²) in [5, 5.41) is 13.5. The summed E-state index contributed by atoms with van der Waals surface area (Å²) in [4.78, 5) is 7.40. The standard InChI is InChI=1S/C24H19Cl2N3O2/c1-2-9-31-16-6-3-14(4-7-16)23-17-11-19(25)20(26)12-18(17)24(30)29(23)15-5-8-21-22(10-15)28-13-27-21/h3-8,10-13,30H,2,9H2,1H3,(H,27,28). The van der Waals surface area contributed by atoms with E-state index in [1.807, 2.05) is 42.5 Å². The Kier molecular flexibility index (Phi) is 5.00. The van der Waals surface area contributed by atoms with Crippen LogP contribution in [0.1, 0.15) is 13.3 Å². The first kappa shape index (κ1) is 19.8. The van der Waals surface area contributed by atoms with Crippen LogP contribution >= 0.6 is 23.2 Å². The number of aromatic hydroxyl groups is 1.